The second kappa shape index (κ2) is 8.01. The van der Waals surface area contributed by atoms with Gasteiger partial charge >= 0.3 is 0 Å². The van der Waals surface area contributed by atoms with E-state index in [4.69, 9.17) is 16.3 Å². The predicted molar refractivity (Wildman–Crippen MR) is 97.8 cm³/mol. The molecule has 1 aliphatic heterocycles. The molecule has 26 heavy (non-hydrogen) atoms. The van der Waals surface area contributed by atoms with Crippen LogP contribution in [0.3, 0.4) is 0 Å². The zero-order chi connectivity index (χ0) is 18.5. The minimum absolute atomic E-state index is 0.322. The monoisotopic (exact) mass is 375 g/mol. The van der Waals surface area contributed by atoms with Gasteiger partial charge in [-0.3, -0.25) is 9.59 Å². The van der Waals surface area contributed by atoms with E-state index in [1.807, 2.05) is 4.90 Å². The summed E-state index contributed by atoms with van der Waals surface area (Å²) in [6, 6.07) is 4.97. The van der Waals surface area contributed by atoms with Gasteiger partial charge in [-0.05, 0) is 18.2 Å². The van der Waals surface area contributed by atoms with Crippen LogP contribution in [0.25, 0.3) is 0 Å². The van der Waals surface area contributed by atoms with E-state index in [-0.39, 0.29) is 5.91 Å². The lowest BCUT2D eigenvalue weighted by Gasteiger charge is -2.32. The largest absolute Gasteiger partial charge is 0.495 e. The second-order valence-electron chi connectivity index (χ2n) is 5.70. The number of nitrogens with one attached hydrogen (secondary N) is 1. The third-order valence-corrected chi connectivity index (χ3v) is 4.29. The zero-order valence-corrected chi connectivity index (χ0v) is 14.9. The molecule has 1 aromatic carbocycles. The fourth-order valence-corrected chi connectivity index (χ4v) is 2.77. The molecule has 2 heterocycles. The summed E-state index contributed by atoms with van der Waals surface area (Å²) in [7, 11) is 1.52. The van der Waals surface area contributed by atoms with Gasteiger partial charge in [0.1, 0.15) is 5.75 Å². The molecule has 2 aromatic rings. The van der Waals surface area contributed by atoms with Gasteiger partial charge in [0.15, 0.2) is 0 Å². The van der Waals surface area contributed by atoms with E-state index in [1.165, 1.54) is 19.5 Å². The van der Waals surface area contributed by atoms with Gasteiger partial charge in [-0.2, -0.15) is 0 Å². The Bertz CT molecular complexity index is 791. The third kappa shape index (κ3) is 4.02. The number of carbonyl (C=O) groups excluding carboxylic acids is 2. The Balaban J connectivity index is 1.68. The Morgan fingerprint density at radius 1 is 1.23 bits per heavy atom. The van der Waals surface area contributed by atoms with E-state index in [0.717, 1.165) is 6.41 Å². The molecule has 1 aromatic heterocycles. The van der Waals surface area contributed by atoms with Gasteiger partial charge in [0.05, 0.1) is 18.4 Å². The summed E-state index contributed by atoms with van der Waals surface area (Å²) in [5.74, 6) is 0.684. The smallest absolute Gasteiger partial charge is 0.258 e. The van der Waals surface area contributed by atoms with E-state index < -0.39 is 0 Å². The van der Waals surface area contributed by atoms with Crippen LogP contribution >= 0.6 is 11.6 Å². The molecule has 0 unspecified atom stereocenters. The average molecular weight is 376 g/mol. The lowest BCUT2D eigenvalue weighted by Crippen LogP contribution is -2.46. The van der Waals surface area contributed by atoms with Crippen LogP contribution in [0.15, 0.2) is 30.6 Å². The Morgan fingerprint density at radius 2 is 1.92 bits per heavy atom. The van der Waals surface area contributed by atoms with Gasteiger partial charge in [-0.1, -0.05) is 11.6 Å². The molecule has 8 nitrogen and oxygen atoms in total. The van der Waals surface area contributed by atoms with Gasteiger partial charge in [-0.15, -0.1) is 0 Å². The molecule has 0 saturated carbocycles. The highest BCUT2D eigenvalue weighted by Crippen LogP contribution is 2.28. The number of rotatable bonds is 5. The first kappa shape index (κ1) is 17.9. The number of carbonyl (C=O) groups is 2. The predicted octanol–water partition coefficient (Wildman–Crippen LogP) is 1.67. The van der Waals surface area contributed by atoms with Crippen LogP contribution in [0.4, 0.5) is 11.6 Å². The van der Waals surface area contributed by atoms with Gasteiger partial charge in [0.25, 0.3) is 5.91 Å². The lowest BCUT2D eigenvalue weighted by molar-refractivity contribution is -0.118. The maximum atomic E-state index is 12.4. The summed E-state index contributed by atoms with van der Waals surface area (Å²) in [6.45, 7) is 2.57. The number of hydrogen-bond donors (Lipinski definition) is 1. The van der Waals surface area contributed by atoms with E-state index >= 15 is 0 Å². The van der Waals surface area contributed by atoms with Gasteiger partial charge in [-0.25, -0.2) is 9.97 Å². The van der Waals surface area contributed by atoms with Gasteiger partial charge in [0.2, 0.25) is 12.4 Å². The first-order valence-electron chi connectivity index (χ1n) is 8.02. The molecular weight excluding hydrogens is 358 g/mol. The molecule has 0 spiro atoms. The Kier molecular flexibility index (Phi) is 5.52. The van der Waals surface area contributed by atoms with Crippen molar-refractivity contribution in [2.45, 2.75) is 0 Å². The van der Waals surface area contributed by atoms with Crippen LogP contribution in [-0.4, -0.2) is 60.5 Å². The van der Waals surface area contributed by atoms with Crippen molar-refractivity contribution in [2.24, 2.45) is 0 Å². The van der Waals surface area contributed by atoms with Crippen molar-refractivity contribution in [3.8, 4) is 5.75 Å². The molecule has 1 fully saturated rings. The summed E-state index contributed by atoms with van der Waals surface area (Å²) in [5.41, 5.74) is 0.793. The molecule has 0 aliphatic carbocycles. The molecule has 0 atom stereocenters. The fourth-order valence-electron chi connectivity index (χ4n) is 2.60. The highest BCUT2D eigenvalue weighted by molar-refractivity contribution is 6.31. The SMILES string of the molecule is COc1ccc(Cl)cc1NC(=O)c1cnc(N2CCN(C=O)CC2)nc1. The highest BCUT2D eigenvalue weighted by atomic mass is 35.5. The average Bonchev–Trinajstić information content (AvgIpc) is 2.68. The van der Waals surface area contributed by atoms with Crippen molar-refractivity contribution in [1.82, 2.24) is 14.9 Å². The zero-order valence-electron chi connectivity index (χ0n) is 14.2. The number of hydrogen-bond acceptors (Lipinski definition) is 6. The van der Waals surface area contributed by atoms with Crippen LogP contribution in [-0.2, 0) is 4.79 Å². The number of benzene rings is 1. The minimum Gasteiger partial charge on any atom is -0.495 e. The fraction of sp³-hybridized carbons (Fsp3) is 0.294. The van der Waals surface area contributed by atoms with Crippen LogP contribution in [0, 0.1) is 0 Å². The summed E-state index contributed by atoms with van der Waals surface area (Å²) in [6.07, 6.45) is 3.79. The normalized spacial score (nSPS) is 14.1. The molecule has 1 aliphatic rings. The summed E-state index contributed by atoms with van der Waals surface area (Å²) >= 11 is 5.97. The van der Waals surface area contributed by atoms with Crippen LogP contribution < -0.4 is 15.0 Å². The van der Waals surface area contributed by atoms with Gasteiger partial charge in [0, 0.05) is 43.6 Å². The van der Waals surface area contributed by atoms with Crippen LogP contribution in [0.2, 0.25) is 5.02 Å². The van der Waals surface area contributed by atoms with E-state index in [9.17, 15) is 9.59 Å². The standard InChI is InChI=1S/C17H18ClN5O3/c1-26-15-3-2-13(18)8-14(15)21-16(25)12-9-19-17(20-10-12)23-6-4-22(11-24)5-7-23/h2-3,8-11H,4-7H2,1H3,(H,21,25). The maximum absolute atomic E-state index is 12.4. The van der Waals surface area contributed by atoms with Crippen molar-refractivity contribution >= 4 is 35.6 Å². The number of methoxy groups -OCH3 is 1. The van der Waals surface area contributed by atoms with Crippen LogP contribution in [0.5, 0.6) is 5.75 Å². The first-order valence-corrected chi connectivity index (χ1v) is 8.39. The molecule has 0 bridgehead atoms. The third-order valence-electron chi connectivity index (χ3n) is 4.06. The van der Waals surface area contributed by atoms with E-state index in [1.54, 1.807) is 23.1 Å². The number of ether oxygens (including phenoxy) is 1. The van der Waals surface area contributed by atoms with E-state index in [0.29, 0.717) is 54.2 Å². The summed E-state index contributed by atoms with van der Waals surface area (Å²) in [5, 5.41) is 3.23. The molecule has 3 rings (SSSR count). The molecule has 1 saturated heterocycles. The second-order valence-corrected chi connectivity index (χ2v) is 6.14. The van der Waals surface area contributed by atoms with Gasteiger partial charge < -0.3 is 19.9 Å². The van der Waals surface area contributed by atoms with Crippen molar-refractivity contribution in [3.63, 3.8) is 0 Å². The van der Waals surface area contributed by atoms with Crippen molar-refractivity contribution < 1.29 is 14.3 Å². The highest BCUT2D eigenvalue weighted by Gasteiger charge is 2.18. The molecule has 1 N–H and O–H groups in total. The molecule has 9 heteroatoms. The Morgan fingerprint density at radius 3 is 2.54 bits per heavy atom. The summed E-state index contributed by atoms with van der Waals surface area (Å²) < 4.78 is 5.21. The number of piperazine rings is 1. The van der Waals surface area contributed by atoms with Crippen molar-refractivity contribution in [1.29, 1.82) is 0 Å². The number of aromatic nitrogens is 2. The van der Waals surface area contributed by atoms with Crippen molar-refractivity contribution in [3.05, 3.63) is 41.2 Å². The topological polar surface area (TPSA) is 87.7 Å². The first-order chi connectivity index (χ1) is 12.6. The summed E-state index contributed by atoms with van der Waals surface area (Å²) in [4.78, 5) is 35.4. The Hall–Kier alpha value is -2.87. The molecule has 136 valence electrons. The number of anilines is 2. The number of nitrogens with zero attached hydrogens (tertiary/aromatic N) is 4. The number of amides is 2. The lowest BCUT2D eigenvalue weighted by atomic mass is 10.2. The minimum atomic E-state index is -0.358. The molecule has 2 amide bonds. The Labute approximate surface area is 155 Å². The molecule has 0 radical (unpaired) electrons. The molecular formula is C17H18ClN5O3. The maximum Gasteiger partial charge on any atom is 0.258 e. The van der Waals surface area contributed by atoms with Crippen LogP contribution in [0.1, 0.15) is 10.4 Å². The van der Waals surface area contributed by atoms with E-state index in [2.05, 4.69) is 15.3 Å². The van der Waals surface area contributed by atoms with Crippen molar-refractivity contribution in [2.75, 3.05) is 43.5 Å². The quantitative estimate of drug-likeness (QED) is 0.800. The number of halogens is 1.